The van der Waals surface area contributed by atoms with Gasteiger partial charge in [0.15, 0.2) is 0 Å². The number of amides is 3. The van der Waals surface area contributed by atoms with E-state index >= 15 is 0 Å². The van der Waals surface area contributed by atoms with Gasteiger partial charge in [0.05, 0.1) is 11.1 Å². The molecule has 2 aromatic rings. The largest absolute Gasteiger partial charge is 0.489 e. The van der Waals surface area contributed by atoms with E-state index in [2.05, 4.69) is 15.6 Å². The summed E-state index contributed by atoms with van der Waals surface area (Å²) in [5, 5.41) is 14.8. The van der Waals surface area contributed by atoms with Crippen LogP contribution in [-0.2, 0) is 10.3 Å². The van der Waals surface area contributed by atoms with Crippen LogP contribution in [0.25, 0.3) is 0 Å². The molecular formula is C21H19N5O3. The van der Waals surface area contributed by atoms with Crippen LogP contribution in [0, 0.1) is 18.3 Å². The topological polar surface area (TPSA) is 107 Å². The van der Waals surface area contributed by atoms with Gasteiger partial charge in [0.1, 0.15) is 36.7 Å². The number of benzene rings is 1. The number of hydrogen-bond donors (Lipinski definition) is 2. The van der Waals surface area contributed by atoms with Crippen LogP contribution in [0.5, 0.6) is 5.75 Å². The van der Waals surface area contributed by atoms with E-state index in [-0.39, 0.29) is 25.1 Å². The molecule has 29 heavy (non-hydrogen) atoms. The Labute approximate surface area is 167 Å². The van der Waals surface area contributed by atoms with Gasteiger partial charge >= 0.3 is 6.03 Å². The molecule has 5 rings (SSSR count). The number of fused-ring (bicyclic) bond motifs is 3. The standard InChI is InChI=1S/C21H19N5O3/c1-12-3-2-4-14-18(12)21(5-6-21)26(20(28)25-14)10-17(27)24-15-11-29-16-7-13(8-22)9-23-19(15)16/h2-4,7,9,15H,5-6,10-11H2,1H3,(H,24,27)(H,25,28). The normalized spacial score (nSPS) is 20.2. The first kappa shape index (κ1) is 17.5. The van der Waals surface area contributed by atoms with Crippen LogP contribution in [0.2, 0.25) is 0 Å². The lowest BCUT2D eigenvalue weighted by Crippen LogP contribution is -2.52. The van der Waals surface area contributed by atoms with Crippen LogP contribution in [0.3, 0.4) is 0 Å². The summed E-state index contributed by atoms with van der Waals surface area (Å²) in [4.78, 5) is 31.4. The molecule has 3 aliphatic rings. The summed E-state index contributed by atoms with van der Waals surface area (Å²) in [7, 11) is 0. The number of pyridine rings is 1. The fourth-order valence-electron chi connectivity index (χ4n) is 4.40. The number of nitrogens with one attached hydrogen (secondary N) is 2. The van der Waals surface area contributed by atoms with Crippen molar-refractivity contribution in [1.82, 2.24) is 15.2 Å². The highest BCUT2D eigenvalue weighted by Crippen LogP contribution is 2.56. The molecule has 1 aliphatic carbocycles. The van der Waals surface area contributed by atoms with Crippen molar-refractivity contribution in [3.63, 3.8) is 0 Å². The van der Waals surface area contributed by atoms with Crippen LogP contribution < -0.4 is 15.4 Å². The molecule has 0 saturated heterocycles. The van der Waals surface area contributed by atoms with Gasteiger partial charge < -0.3 is 20.3 Å². The van der Waals surface area contributed by atoms with Crippen molar-refractivity contribution in [1.29, 1.82) is 5.26 Å². The van der Waals surface area contributed by atoms with E-state index in [0.29, 0.717) is 17.0 Å². The molecule has 1 fully saturated rings. The van der Waals surface area contributed by atoms with E-state index < -0.39 is 11.6 Å². The average Bonchev–Trinajstić information content (AvgIpc) is 3.39. The van der Waals surface area contributed by atoms with Gasteiger partial charge in [-0.2, -0.15) is 5.26 Å². The quantitative estimate of drug-likeness (QED) is 0.838. The smallest absolute Gasteiger partial charge is 0.323 e. The summed E-state index contributed by atoms with van der Waals surface area (Å²) in [6, 6.07) is 8.85. The molecule has 146 valence electrons. The SMILES string of the molecule is Cc1cccc2c1C1(CC1)N(CC(=O)NC1COc3cc(C#N)cnc31)C(=O)N2. The first-order valence-corrected chi connectivity index (χ1v) is 9.53. The Hall–Kier alpha value is -3.60. The van der Waals surface area contributed by atoms with Crippen LogP contribution >= 0.6 is 0 Å². The summed E-state index contributed by atoms with van der Waals surface area (Å²) in [6.07, 6.45) is 3.16. The second-order valence-electron chi connectivity index (χ2n) is 7.70. The number of carbonyl (C=O) groups excluding carboxylic acids is 2. The number of nitriles is 1. The van der Waals surface area contributed by atoms with Crippen LogP contribution in [0.15, 0.2) is 30.5 Å². The minimum Gasteiger partial charge on any atom is -0.489 e. The lowest BCUT2D eigenvalue weighted by atomic mass is 9.93. The van der Waals surface area contributed by atoms with Crippen molar-refractivity contribution in [2.75, 3.05) is 18.5 Å². The molecule has 1 atom stereocenters. The lowest BCUT2D eigenvalue weighted by molar-refractivity contribution is -0.123. The molecule has 8 heteroatoms. The molecule has 8 nitrogen and oxygen atoms in total. The first-order chi connectivity index (χ1) is 14.0. The van der Waals surface area contributed by atoms with Gasteiger partial charge in [-0.3, -0.25) is 9.78 Å². The van der Waals surface area contributed by atoms with Crippen molar-refractivity contribution in [3.05, 3.63) is 52.8 Å². The third kappa shape index (κ3) is 2.70. The molecule has 1 unspecified atom stereocenters. The number of rotatable bonds is 3. The third-order valence-electron chi connectivity index (χ3n) is 5.85. The maximum atomic E-state index is 12.8. The van der Waals surface area contributed by atoms with Crippen LogP contribution in [0.1, 0.15) is 41.3 Å². The Kier molecular flexibility index (Phi) is 3.74. The highest BCUT2D eigenvalue weighted by molar-refractivity contribution is 5.97. The zero-order valence-corrected chi connectivity index (χ0v) is 15.9. The third-order valence-corrected chi connectivity index (χ3v) is 5.85. The summed E-state index contributed by atoms with van der Waals surface area (Å²) in [5.74, 6) is 0.240. The van der Waals surface area contributed by atoms with Gasteiger partial charge in [0, 0.05) is 23.5 Å². The van der Waals surface area contributed by atoms with Crippen LogP contribution in [0.4, 0.5) is 10.5 Å². The number of carbonyl (C=O) groups is 2. The molecular weight excluding hydrogens is 370 g/mol. The first-order valence-electron chi connectivity index (χ1n) is 9.53. The molecule has 3 amide bonds. The molecule has 2 N–H and O–H groups in total. The Balaban J connectivity index is 1.34. The molecule has 1 aromatic heterocycles. The minimum absolute atomic E-state index is 0.0400. The molecule has 2 aliphatic heterocycles. The van der Waals surface area contributed by atoms with Crippen molar-refractivity contribution in [2.45, 2.75) is 31.3 Å². The average molecular weight is 389 g/mol. The predicted molar refractivity (Wildman–Crippen MR) is 103 cm³/mol. The fraction of sp³-hybridized carbons (Fsp3) is 0.333. The second-order valence-corrected chi connectivity index (χ2v) is 7.70. The summed E-state index contributed by atoms with van der Waals surface area (Å²) in [6.45, 7) is 2.24. The second kappa shape index (κ2) is 6.21. The summed E-state index contributed by atoms with van der Waals surface area (Å²) >= 11 is 0. The van der Waals surface area contributed by atoms with Crippen molar-refractivity contribution in [3.8, 4) is 11.8 Å². The number of hydrogen-bond acceptors (Lipinski definition) is 5. The molecule has 0 radical (unpaired) electrons. The highest BCUT2D eigenvalue weighted by Gasteiger charge is 2.56. The number of aryl methyl sites for hydroxylation is 1. The Bertz CT molecular complexity index is 1090. The van der Waals surface area contributed by atoms with Gasteiger partial charge in [0.2, 0.25) is 5.91 Å². The number of aromatic nitrogens is 1. The van der Waals surface area contributed by atoms with Gasteiger partial charge in [0.25, 0.3) is 0 Å². The summed E-state index contributed by atoms with van der Waals surface area (Å²) < 4.78 is 5.56. The molecule has 1 spiro atoms. The predicted octanol–water partition coefficient (Wildman–Crippen LogP) is 2.35. The zero-order chi connectivity index (χ0) is 20.2. The number of nitrogens with zero attached hydrogens (tertiary/aromatic N) is 3. The maximum absolute atomic E-state index is 12.8. The monoisotopic (exact) mass is 389 g/mol. The van der Waals surface area contributed by atoms with Crippen molar-refractivity contribution >= 4 is 17.6 Å². The minimum atomic E-state index is -0.401. The maximum Gasteiger partial charge on any atom is 0.323 e. The molecule has 1 aromatic carbocycles. The van der Waals surface area contributed by atoms with Gasteiger partial charge in [-0.1, -0.05) is 12.1 Å². The molecule has 3 heterocycles. The van der Waals surface area contributed by atoms with E-state index in [4.69, 9.17) is 10.00 Å². The van der Waals surface area contributed by atoms with Gasteiger partial charge in [-0.05, 0) is 31.4 Å². The van der Waals surface area contributed by atoms with E-state index in [1.807, 2.05) is 31.2 Å². The Morgan fingerprint density at radius 1 is 1.48 bits per heavy atom. The van der Waals surface area contributed by atoms with Crippen LogP contribution in [-0.4, -0.2) is 35.0 Å². The Morgan fingerprint density at radius 3 is 3.07 bits per heavy atom. The van der Waals surface area contributed by atoms with E-state index in [1.54, 1.807) is 11.0 Å². The zero-order valence-electron chi connectivity index (χ0n) is 15.9. The molecule has 0 bridgehead atoms. The van der Waals surface area contributed by atoms with E-state index in [9.17, 15) is 9.59 Å². The lowest BCUT2D eigenvalue weighted by Gasteiger charge is -2.38. The fourth-order valence-corrected chi connectivity index (χ4v) is 4.40. The molecule has 1 saturated carbocycles. The number of ether oxygens (including phenoxy) is 1. The van der Waals surface area contributed by atoms with Gasteiger partial charge in [-0.25, -0.2) is 4.79 Å². The van der Waals surface area contributed by atoms with E-state index in [0.717, 1.165) is 29.7 Å². The highest BCUT2D eigenvalue weighted by atomic mass is 16.5. The van der Waals surface area contributed by atoms with Crippen molar-refractivity contribution < 1.29 is 14.3 Å². The number of anilines is 1. The van der Waals surface area contributed by atoms with Gasteiger partial charge in [-0.15, -0.1) is 0 Å². The number of urea groups is 1. The summed E-state index contributed by atoms with van der Waals surface area (Å²) in [5.41, 5.74) is 3.66. The van der Waals surface area contributed by atoms with Crippen molar-refractivity contribution in [2.24, 2.45) is 0 Å². The van der Waals surface area contributed by atoms with E-state index in [1.165, 1.54) is 6.20 Å². The Morgan fingerprint density at radius 2 is 2.31 bits per heavy atom.